The van der Waals surface area contributed by atoms with Crippen LogP contribution in [-0.4, -0.2) is 30.7 Å². The van der Waals surface area contributed by atoms with Crippen molar-refractivity contribution in [1.82, 2.24) is 15.6 Å². The summed E-state index contributed by atoms with van der Waals surface area (Å²) in [5.41, 5.74) is 3.59. The Kier molecular flexibility index (Phi) is 6.66. The molecular formula is C23H23N3O4S2. The summed E-state index contributed by atoms with van der Waals surface area (Å²) in [4.78, 5) is 29.4. The van der Waals surface area contributed by atoms with E-state index in [1.807, 2.05) is 36.4 Å². The normalized spacial score (nSPS) is 16.0. The monoisotopic (exact) mass is 469 g/mol. The fourth-order valence-corrected chi connectivity index (χ4v) is 5.61. The third kappa shape index (κ3) is 4.58. The highest BCUT2D eigenvalue weighted by Crippen LogP contribution is 2.36. The molecule has 7 nitrogen and oxygen atoms in total. The van der Waals surface area contributed by atoms with E-state index in [4.69, 9.17) is 9.47 Å². The lowest BCUT2D eigenvalue weighted by Crippen LogP contribution is -2.45. The van der Waals surface area contributed by atoms with Gasteiger partial charge in [-0.25, -0.2) is 14.6 Å². The summed E-state index contributed by atoms with van der Waals surface area (Å²) in [5.74, 6) is 0.914. The molecule has 0 radical (unpaired) electrons. The second kappa shape index (κ2) is 9.62. The summed E-state index contributed by atoms with van der Waals surface area (Å²) in [6, 6.07) is 12.7. The molecule has 32 heavy (non-hydrogen) atoms. The van der Waals surface area contributed by atoms with Crippen molar-refractivity contribution in [3.8, 4) is 5.75 Å². The first-order valence-corrected chi connectivity index (χ1v) is 11.9. The zero-order chi connectivity index (χ0) is 22.7. The van der Waals surface area contributed by atoms with Crippen LogP contribution >= 0.6 is 23.1 Å². The number of nitrogens with one attached hydrogen (secondary N) is 2. The fraction of sp³-hybridized carbons (Fsp3) is 0.261. The van der Waals surface area contributed by atoms with Crippen molar-refractivity contribution in [2.75, 3.05) is 13.7 Å². The lowest BCUT2D eigenvalue weighted by molar-refractivity contribution is -0.139. The van der Waals surface area contributed by atoms with E-state index in [1.54, 1.807) is 44.1 Å². The molecule has 0 saturated carbocycles. The molecule has 2 aromatic carbocycles. The predicted octanol–water partition coefficient (Wildman–Crippen LogP) is 4.79. The van der Waals surface area contributed by atoms with Gasteiger partial charge < -0.3 is 20.1 Å². The summed E-state index contributed by atoms with van der Waals surface area (Å²) in [6.07, 6.45) is 0. The van der Waals surface area contributed by atoms with E-state index >= 15 is 0 Å². The number of carbonyl (C=O) groups is 2. The van der Waals surface area contributed by atoms with E-state index in [-0.39, 0.29) is 12.6 Å². The maximum Gasteiger partial charge on any atom is 0.338 e. The van der Waals surface area contributed by atoms with Gasteiger partial charge in [-0.3, -0.25) is 0 Å². The number of methoxy groups -OCH3 is 1. The molecule has 4 rings (SSSR count). The molecule has 1 atom stereocenters. The van der Waals surface area contributed by atoms with Gasteiger partial charge in [0.05, 0.1) is 35.5 Å². The van der Waals surface area contributed by atoms with Crippen molar-refractivity contribution < 1.29 is 19.1 Å². The van der Waals surface area contributed by atoms with Crippen LogP contribution in [0.5, 0.6) is 5.75 Å². The number of rotatable bonds is 7. The number of carbonyl (C=O) groups excluding carboxylic acids is 2. The van der Waals surface area contributed by atoms with Gasteiger partial charge in [-0.05, 0) is 43.7 Å². The molecule has 1 aliphatic rings. The molecule has 0 saturated heterocycles. The van der Waals surface area contributed by atoms with Crippen LogP contribution in [0.1, 0.15) is 31.0 Å². The molecule has 0 bridgehead atoms. The zero-order valence-electron chi connectivity index (χ0n) is 17.9. The van der Waals surface area contributed by atoms with Crippen molar-refractivity contribution in [3.05, 3.63) is 64.9 Å². The molecular weight excluding hydrogens is 446 g/mol. The Morgan fingerprint density at radius 3 is 2.81 bits per heavy atom. The lowest BCUT2D eigenvalue weighted by Gasteiger charge is -2.28. The Labute approximate surface area is 194 Å². The number of aromatic nitrogens is 1. The molecule has 1 aliphatic heterocycles. The van der Waals surface area contributed by atoms with E-state index in [2.05, 4.69) is 21.7 Å². The van der Waals surface area contributed by atoms with Crippen LogP contribution in [0.25, 0.3) is 10.2 Å². The number of thioether (sulfide) groups is 1. The second-order valence-corrected chi connectivity index (χ2v) is 9.35. The Bertz CT molecular complexity index is 1170. The van der Waals surface area contributed by atoms with Crippen LogP contribution in [0.15, 0.2) is 58.1 Å². The average molecular weight is 470 g/mol. The Morgan fingerprint density at radius 1 is 1.25 bits per heavy atom. The number of fused-ring (bicyclic) bond motifs is 1. The number of para-hydroxylation sites is 1. The number of ether oxygens (including phenoxy) is 2. The van der Waals surface area contributed by atoms with Crippen molar-refractivity contribution in [3.63, 3.8) is 0 Å². The van der Waals surface area contributed by atoms with E-state index < -0.39 is 12.0 Å². The summed E-state index contributed by atoms with van der Waals surface area (Å²) >= 11 is 3.27. The molecule has 3 aromatic rings. The average Bonchev–Trinajstić information content (AvgIpc) is 3.20. The van der Waals surface area contributed by atoms with E-state index in [0.717, 1.165) is 31.4 Å². The summed E-state index contributed by atoms with van der Waals surface area (Å²) in [6.45, 7) is 3.71. The Balaban J connectivity index is 1.63. The molecule has 1 aromatic heterocycles. The van der Waals surface area contributed by atoms with Crippen molar-refractivity contribution in [2.45, 2.75) is 30.0 Å². The van der Waals surface area contributed by atoms with Gasteiger partial charge in [0.25, 0.3) is 0 Å². The van der Waals surface area contributed by atoms with Gasteiger partial charge in [-0.15, -0.1) is 11.3 Å². The molecule has 166 valence electrons. The number of allylic oxidation sites excluding steroid dienone is 1. The second-order valence-electron chi connectivity index (χ2n) is 7.10. The maximum absolute atomic E-state index is 12.6. The van der Waals surface area contributed by atoms with Crippen molar-refractivity contribution in [1.29, 1.82) is 0 Å². The smallest absolute Gasteiger partial charge is 0.338 e. The molecule has 0 spiro atoms. The van der Waals surface area contributed by atoms with Gasteiger partial charge in [0.1, 0.15) is 5.75 Å². The maximum atomic E-state index is 12.6. The topological polar surface area (TPSA) is 89.5 Å². The van der Waals surface area contributed by atoms with Gasteiger partial charge in [0, 0.05) is 17.0 Å². The van der Waals surface area contributed by atoms with Gasteiger partial charge >= 0.3 is 12.0 Å². The van der Waals surface area contributed by atoms with Crippen molar-refractivity contribution in [2.24, 2.45) is 0 Å². The van der Waals surface area contributed by atoms with Crippen LogP contribution < -0.4 is 15.4 Å². The highest BCUT2D eigenvalue weighted by Gasteiger charge is 2.32. The number of thiazole rings is 1. The summed E-state index contributed by atoms with van der Waals surface area (Å²) < 4.78 is 12.9. The van der Waals surface area contributed by atoms with Crippen LogP contribution in [0.4, 0.5) is 4.79 Å². The molecule has 9 heteroatoms. The SMILES string of the molecule is CCOC(=O)C1=C(C)NC(=O)N[C@@H]1c1ccc(OC)c(CSc2nc3ccccc3s2)c1. The summed E-state index contributed by atoms with van der Waals surface area (Å²) in [7, 11) is 1.63. The molecule has 2 N–H and O–H groups in total. The first kappa shape index (κ1) is 22.2. The number of nitrogens with zero attached hydrogens (tertiary/aromatic N) is 1. The zero-order valence-corrected chi connectivity index (χ0v) is 19.6. The van der Waals surface area contributed by atoms with Crippen LogP contribution in [0.3, 0.4) is 0 Å². The molecule has 2 amide bonds. The number of esters is 1. The minimum Gasteiger partial charge on any atom is -0.496 e. The predicted molar refractivity (Wildman–Crippen MR) is 126 cm³/mol. The number of amides is 2. The minimum absolute atomic E-state index is 0.253. The third-order valence-corrected chi connectivity index (χ3v) is 7.26. The van der Waals surface area contributed by atoms with E-state index in [9.17, 15) is 9.59 Å². The quantitative estimate of drug-likeness (QED) is 0.382. The lowest BCUT2D eigenvalue weighted by atomic mass is 9.94. The van der Waals surface area contributed by atoms with Gasteiger partial charge in [0.2, 0.25) is 0 Å². The molecule has 0 aliphatic carbocycles. The Hall–Kier alpha value is -3.04. The third-order valence-electron chi connectivity index (χ3n) is 5.03. The number of benzene rings is 2. The van der Waals surface area contributed by atoms with E-state index in [1.165, 1.54) is 0 Å². The highest BCUT2D eigenvalue weighted by atomic mass is 32.2. The fourth-order valence-electron chi connectivity index (χ4n) is 3.57. The minimum atomic E-state index is -0.611. The molecule has 2 heterocycles. The van der Waals surface area contributed by atoms with Gasteiger partial charge in [-0.2, -0.15) is 0 Å². The number of urea groups is 1. The molecule has 0 unspecified atom stereocenters. The van der Waals surface area contributed by atoms with Crippen LogP contribution in [0.2, 0.25) is 0 Å². The largest absolute Gasteiger partial charge is 0.496 e. The summed E-state index contributed by atoms with van der Waals surface area (Å²) in [5, 5.41) is 5.50. The number of hydrogen-bond acceptors (Lipinski definition) is 7. The van der Waals surface area contributed by atoms with Gasteiger partial charge in [-0.1, -0.05) is 30.0 Å². The van der Waals surface area contributed by atoms with Crippen molar-refractivity contribution >= 4 is 45.3 Å². The first-order chi connectivity index (χ1) is 15.5. The van der Waals surface area contributed by atoms with Crippen LogP contribution in [-0.2, 0) is 15.3 Å². The Morgan fingerprint density at radius 2 is 2.06 bits per heavy atom. The highest BCUT2D eigenvalue weighted by molar-refractivity contribution is 8.00. The first-order valence-electron chi connectivity index (χ1n) is 10.1. The van der Waals surface area contributed by atoms with Crippen LogP contribution in [0, 0.1) is 0 Å². The number of hydrogen-bond donors (Lipinski definition) is 2. The standard InChI is InChI=1S/C23H23N3O4S2/c1-4-30-21(27)19-13(2)24-22(28)26-20(19)14-9-10-17(29-3)15(11-14)12-31-23-25-16-7-5-6-8-18(16)32-23/h5-11,20H,4,12H2,1-3H3,(H2,24,26,28)/t20-/m1/s1. The van der Waals surface area contributed by atoms with E-state index in [0.29, 0.717) is 17.0 Å². The van der Waals surface area contributed by atoms with Gasteiger partial charge in [0.15, 0.2) is 4.34 Å². The molecule has 0 fully saturated rings.